The van der Waals surface area contributed by atoms with Crippen molar-refractivity contribution >= 4 is 34.1 Å². The van der Waals surface area contributed by atoms with Crippen LogP contribution in [0.5, 0.6) is 0 Å². The second kappa shape index (κ2) is 7.92. The SMILES string of the molecule is COC(=O)[C@@H]1C(=O)C2=C(C[C@H]1C)Nc1ccccc1N[C@H]2c1coc2ccc(C)cc2c1=O. The summed E-state index contributed by atoms with van der Waals surface area (Å²) in [5.41, 5.74) is 4.10. The van der Waals surface area contributed by atoms with Crippen molar-refractivity contribution < 1.29 is 18.7 Å². The van der Waals surface area contributed by atoms with Crippen LogP contribution in [-0.4, -0.2) is 18.9 Å². The third-order valence-corrected chi connectivity index (χ3v) is 6.49. The van der Waals surface area contributed by atoms with E-state index in [9.17, 15) is 14.4 Å². The molecule has 0 bridgehead atoms. The molecule has 0 fully saturated rings. The standard InChI is InChI=1S/C26H24N2O5/c1-13-8-9-20-15(10-13)24(29)16(12-33-20)23-22-19(27-17-6-4-5-7-18(17)28-23)11-14(2)21(25(22)30)26(31)32-3/h4-10,12,14,21,23,27-28H,11H2,1-3H3/t14-,21+,23+/m1/s1. The van der Waals surface area contributed by atoms with Gasteiger partial charge >= 0.3 is 5.97 Å². The van der Waals surface area contributed by atoms with E-state index in [1.54, 1.807) is 12.1 Å². The van der Waals surface area contributed by atoms with E-state index in [1.807, 2.05) is 44.2 Å². The summed E-state index contributed by atoms with van der Waals surface area (Å²) in [5, 5.41) is 7.19. The number of Topliss-reactive ketones (excluding diaryl/α,β-unsaturated/α-hetero) is 1. The number of hydrogen-bond acceptors (Lipinski definition) is 7. The van der Waals surface area contributed by atoms with Gasteiger partial charge in [0.15, 0.2) is 11.2 Å². The Morgan fingerprint density at radius 3 is 2.64 bits per heavy atom. The summed E-state index contributed by atoms with van der Waals surface area (Å²) in [6.07, 6.45) is 1.88. The van der Waals surface area contributed by atoms with Gasteiger partial charge in [0.2, 0.25) is 0 Å². The van der Waals surface area contributed by atoms with Crippen LogP contribution >= 0.6 is 0 Å². The van der Waals surface area contributed by atoms with Crippen molar-refractivity contribution in [2.24, 2.45) is 11.8 Å². The Morgan fingerprint density at radius 1 is 1.12 bits per heavy atom. The number of nitrogens with one attached hydrogen (secondary N) is 2. The lowest BCUT2D eigenvalue weighted by Gasteiger charge is -2.32. The second-order valence-corrected chi connectivity index (χ2v) is 8.71. The van der Waals surface area contributed by atoms with E-state index in [4.69, 9.17) is 9.15 Å². The van der Waals surface area contributed by atoms with E-state index in [-0.39, 0.29) is 17.1 Å². The smallest absolute Gasteiger partial charge is 0.316 e. The normalized spacial score (nSPS) is 22.0. The highest BCUT2D eigenvalue weighted by atomic mass is 16.5. The molecule has 1 aliphatic heterocycles. The Balaban J connectivity index is 1.74. The lowest BCUT2D eigenvalue weighted by Crippen LogP contribution is -2.40. The number of hydrogen-bond donors (Lipinski definition) is 2. The number of ketones is 1. The average molecular weight is 444 g/mol. The van der Waals surface area contributed by atoms with E-state index >= 15 is 0 Å². The largest absolute Gasteiger partial charge is 0.468 e. The second-order valence-electron chi connectivity index (χ2n) is 8.71. The number of fused-ring (bicyclic) bond motifs is 2. The predicted molar refractivity (Wildman–Crippen MR) is 125 cm³/mol. The summed E-state index contributed by atoms with van der Waals surface area (Å²) in [6, 6.07) is 12.2. The van der Waals surface area contributed by atoms with E-state index < -0.39 is 17.9 Å². The zero-order valence-corrected chi connectivity index (χ0v) is 18.6. The van der Waals surface area contributed by atoms with Crippen molar-refractivity contribution in [2.45, 2.75) is 26.3 Å². The van der Waals surface area contributed by atoms with Crippen molar-refractivity contribution in [2.75, 3.05) is 17.7 Å². The monoisotopic (exact) mass is 444 g/mol. The number of carbonyl (C=O) groups is 2. The molecule has 3 atom stereocenters. The summed E-state index contributed by atoms with van der Waals surface area (Å²) in [7, 11) is 1.28. The predicted octanol–water partition coefficient (Wildman–Crippen LogP) is 4.33. The molecular formula is C26H24N2O5. The Morgan fingerprint density at radius 2 is 1.88 bits per heavy atom. The molecule has 0 unspecified atom stereocenters. The summed E-state index contributed by atoms with van der Waals surface area (Å²) in [5.74, 6) is -2.11. The van der Waals surface area contributed by atoms with Crippen molar-refractivity contribution in [3.8, 4) is 0 Å². The van der Waals surface area contributed by atoms with Crippen LogP contribution in [0.3, 0.4) is 0 Å². The summed E-state index contributed by atoms with van der Waals surface area (Å²) in [6.45, 7) is 3.76. The highest BCUT2D eigenvalue weighted by molar-refractivity contribution is 6.11. The molecule has 7 heteroatoms. The Hall–Kier alpha value is -3.87. The number of methoxy groups -OCH3 is 1. The van der Waals surface area contributed by atoms with Crippen LogP contribution in [0.2, 0.25) is 0 Å². The van der Waals surface area contributed by atoms with Gasteiger partial charge in [-0.3, -0.25) is 14.4 Å². The van der Waals surface area contributed by atoms with E-state index in [1.165, 1.54) is 13.4 Å². The van der Waals surface area contributed by atoms with Gasteiger partial charge in [0.05, 0.1) is 35.5 Å². The van der Waals surface area contributed by atoms with Crippen LogP contribution in [-0.2, 0) is 14.3 Å². The Bertz CT molecular complexity index is 1390. The molecule has 0 radical (unpaired) electrons. The first kappa shape index (κ1) is 21.0. The molecule has 0 saturated heterocycles. The van der Waals surface area contributed by atoms with Gasteiger partial charge in [-0.15, -0.1) is 0 Å². The zero-order chi connectivity index (χ0) is 23.3. The fraction of sp³-hybridized carbons (Fsp3) is 0.269. The third-order valence-electron chi connectivity index (χ3n) is 6.49. The fourth-order valence-corrected chi connectivity index (χ4v) is 4.83. The molecule has 33 heavy (non-hydrogen) atoms. The molecule has 3 aromatic rings. The molecule has 168 valence electrons. The topological polar surface area (TPSA) is 97.6 Å². The molecule has 1 aliphatic carbocycles. The molecule has 7 nitrogen and oxygen atoms in total. The molecule has 0 saturated carbocycles. The van der Waals surface area contributed by atoms with Gasteiger partial charge in [-0.05, 0) is 43.5 Å². The number of allylic oxidation sites excluding steroid dienone is 1. The number of ether oxygens (including phenoxy) is 1. The van der Waals surface area contributed by atoms with E-state index in [0.29, 0.717) is 34.2 Å². The lowest BCUT2D eigenvalue weighted by molar-refractivity contribution is -0.151. The van der Waals surface area contributed by atoms with Gasteiger partial charge in [0.25, 0.3) is 0 Å². The Kier molecular flexibility index (Phi) is 5.04. The number of rotatable bonds is 2. The minimum absolute atomic E-state index is 0.218. The fourth-order valence-electron chi connectivity index (χ4n) is 4.83. The maximum atomic E-state index is 13.7. The zero-order valence-electron chi connectivity index (χ0n) is 18.6. The first-order valence-electron chi connectivity index (χ1n) is 10.9. The first-order valence-corrected chi connectivity index (χ1v) is 10.9. The number of esters is 1. The van der Waals surface area contributed by atoms with Gasteiger partial charge < -0.3 is 19.8 Å². The molecule has 0 spiro atoms. The van der Waals surface area contributed by atoms with E-state index in [0.717, 1.165) is 16.9 Å². The van der Waals surface area contributed by atoms with Gasteiger partial charge in [-0.25, -0.2) is 0 Å². The maximum Gasteiger partial charge on any atom is 0.316 e. The average Bonchev–Trinajstić information content (AvgIpc) is 2.96. The highest BCUT2D eigenvalue weighted by Gasteiger charge is 2.45. The first-order chi connectivity index (χ1) is 15.9. The summed E-state index contributed by atoms with van der Waals surface area (Å²) in [4.78, 5) is 39.8. The number of aryl methyl sites for hydroxylation is 1. The molecular weight excluding hydrogens is 420 g/mol. The van der Waals surface area contributed by atoms with Crippen LogP contribution in [0.25, 0.3) is 11.0 Å². The summed E-state index contributed by atoms with van der Waals surface area (Å²) < 4.78 is 10.7. The molecule has 2 N–H and O–H groups in total. The number of carbonyl (C=O) groups excluding carboxylic acids is 2. The van der Waals surface area contributed by atoms with Gasteiger partial charge in [0, 0.05) is 11.3 Å². The highest BCUT2D eigenvalue weighted by Crippen LogP contribution is 2.43. The van der Waals surface area contributed by atoms with Crippen molar-refractivity contribution in [3.63, 3.8) is 0 Å². The van der Waals surface area contributed by atoms with Crippen LogP contribution in [0, 0.1) is 18.8 Å². The van der Waals surface area contributed by atoms with Crippen molar-refractivity contribution in [1.82, 2.24) is 0 Å². The summed E-state index contributed by atoms with van der Waals surface area (Å²) >= 11 is 0. The van der Waals surface area contributed by atoms with E-state index in [2.05, 4.69) is 10.6 Å². The molecule has 0 amide bonds. The minimum atomic E-state index is -0.934. The lowest BCUT2D eigenvalue weighted by atomic mass is 9.75. The molecule has 2 heterocycles. The van der Waals surface area contributed by atoms with Gasteiger partial charge in [0.1, 0.15) is 17.8 Å². The molecule has 5 rings (SSSR count). The Labute approximate surface area is 190 Å². The maximum absolute atomic E-state index is 13.7. The van der Waals surface area contributed by atoms with Gasteiger partial charge in [-0.2, -0.15) is 0 Å². The van der Waals surface area contributed by atoms with Gasteiger partial charge in [-0.1, -0.05) is 30.7 Å². The number of benzene rings is 2. The van der Waals surface area contributed by atoms with Crippen LogP contribution < -0.4 is 16.1 Å². The number of para-hydroxylation sites is 2. The van der Waals surface area contributed by atoms with Crippen LogP contribution in [0.1, 0.15) is 30.5 Å². The van der Waals surface area contributed by atoms with Crippen molar-refractivity contribution in [3.05, 3.63) is 81.3 Å². The molecule has 2 aromatic carbocycles. The quantitative estimate of drug-likeness (QED) is 0.448. The van der Waals surface area contributed by atoms with Crippen molar-refractivity contribution in [1.29, 1.82) is 0 Å². The van der Waals surface area contributed by atoms with Crippen LogP contribution in [0.15, 0.2) is 69.2 Å². The third kappa shape index (κ3) is 3.40. The number of anilines is 2. The molecule has 2 aliphatic rings. The molecule has 1 aromatic heterocycles. The van der Waals surface area contributed by atoms with Crippen LogP contribution in [0.4, 0.5) is 11.4 Å². The minimum Gasteiger partial charge on any atom is -0.468 e.